The van der Waals surface area contributed by atoms with Gasteiger partial charge in [0.05, 0.1) is 16.7 Å². The fourth-order valence-electron chi connectivity index (χ4n) is 9.56. The number of nitrogens with zero attached hydrogens (tertiary/aromatic N) is 4. The Morgan fingerprint density at radius 3 is 1.44 bits per heavy atom. The van der Waals surface area contributed by atoms with Crippen LogP contribution < -0.4 is 0 Å². The average molecular weight is 843 g/mol. The molecule has 3 heterocycles. The molecule has 13 aromatic rings. The maximum absolute atomic E-state index is 6.34. The molecule has 0 radical (unpaired) electrons. The molecular weight excluding hydrogens is 805 g/mol. The first kappa shape index (κ1) is 37.6. The minimum atomic E-state index is 0.588. The summed E-state index contributed by atoms with van der Waals surface area (Å²) in [6.45, 7) is 0. The van der Waals surface area contributed by atoms with Crippen LogP contribution in [-0.2, 0) is 0 Å². The van der Waals surface area contributed by atoms with Crippen LogP contribution >= 0.6 is 0 Å². The van der Waals surface area contributed by atoms with E-state index in [4.69, 9.17) is 19.4 Å². The monoisotopic (exact) mass is 842 g/mol. The topological polar surface area (TPSA) is 56.7 Å². The molecule has 308 valence electrons. The molecule has 0 atom stereocenters. The molecule has 0 aliphatic rings. The molecule has 3 aromatic heterocycles. The maximum atomic E-state index is 6.34. The predicted octanol–water partition coefficient (Wildman–Crippen LogP) is 16.0. The van der Waals surface area contributed by atoms with Crippen LogP contribution in [0.5, 0.6) is 0 Å². The Kier molecular flexibility index (Phi) is 8.78. The van der Waals surface area contributed by atoms with Gasteiger partial charge in [0, 0.05) is 43.8 Å². The smallest absolute Gasteiger partial charge is 0.164 e. The van der Waals surface area contributed by atoms with Crippen LogP contribution in [0.3, 0.4) is 0 Å². The van der Waals surface area contributed by atoms with E-state index in [1.807, 2.05) is 24.3 Å². The van der Waals surface area contributed by atoms with Crippen molar-refractivity contribution in [3.05, 3.63) is 231 Å². The first-order valence-corrected chi connectivity index (χ1v) is 22.2. The minimum absolute atomic E-state index is 0.588. The third-order valence-electron chi connectivity index (χ3n) is 12.9. The number of furan rings is 1. The number of para-hydroxylation sites is 2. The fraction of sp³-hybridized carbons (Fsp3) is 0. The zero-order chi connectivity index (χ0) is 43.6. The Balaban J connectivity index is 1.03. The van der Waals surface area contributed by atoms with Crippen molar-refractivity contribution in [3.8, 4) is 73.2 Å². The van der Waals surface area contributed by atoms with Crippen molar-refractivity contribution < 1.29 is 4.42 Å². The van der Waals surface area contributed by atoms with Crippen LogP contribution in [-0.4, -0.2) is 19.5 Å². The van der Waals surface area contributed by atoms with E-state index < -0.39 is 0 Å². The van der Waals surface area contributed by atoms with E-state index >= 15 is 0 Å². The molecule has 0 aliphatic heterocycles. The van der Waals surface area contributed by atoms with Gasteiger partial charge in [-0.2, -0.15) is 0 Å². The SMILES string of the molecule is c1ccc(-c2ccc(-c3nc(-c4ccc(-c5ccccc5)cc4)nc(-c4ccc(-n5c6ccccc6c6cc7ccccc7cc65)c(-c5ccc6oc7ccccc7c6c5)c4)n3)cc2)cc1. The number of aromatic nitrogens is 4. The highest BCUT2D eigenvalue weighted by atomic mass is 16.3. The highest BCUT2D eigenvalue weighted by Gasteiger charge is 2.20. The number of benzene rings is 10. The summed E-state index contributed by atoms with van der Waals surface area (Å²) in [5, 5.41) is 6.96. The molecule has 0 unspecified atom stereocenters. The first-order valence-electron chi connectivity index (χ1n) is 22.2. The third-order valence-corrected chi connectivity index (χ3v) is 12.9. The number of fused-ring (bicyclic) bond motifs is 7. The highest BCUT2D eigenvalue weighted by molar-refractivity contribution is 6.14. The summed E-state index contributed by atoms with van der Waals surface area (Å²) in [5.74, 6) is 1.80. The number of rotatable bonds is 7. The maximum Gasteiger partial charge on any atom is 0.164 e. The molecule has 5 heteroatoms. The zero-order valence-electron chi connectivity index (χ0n) is 35.6. The molecular formula is C61H38N4O. The van der Waals surface area contributed by atoms with Gasteiger partial charge in [-0.05, 0) is 93.2 Å². The Labute approximate surface area is 380 Å². The summed E-state index contributed by atoms with van der Waals surface area (Å²) >= 11 is 0. The van der Waals surface area contributed by atoms with Crippen LogP contribution in [0.25, 0.3) is 128 Å². The van der Waals surface area contributed by atoms with Gasteiger partial charge in [-0.1, -0.05) is 176 Å². The predicted molar refractivity (Wildman–Crippen MR) is 272 cm³/mol. The van der Waals surface area contributed by atoms with Gasteiger partial charge >= 0.3 is 0 Å². The van der Waals surface area contributed by atoms with Crippen LogP contribution in [0.4, 0.5) is 0 Å². The normalized spacial score (nSPS) is 11.6. The lowest BCUT2D eigenvalue weighted by Crippen LogP contribution is -2.02. The third kappa shape index (κ3) is 6.44. The van der Waals surface area contributed by atoms with E-state index in [0.717, 1.165) is 88.7 Å². The lowest BCUT2D eigenvalue weighted by Gasteiger charge is -2.16. The van der Waals surface area contributed by atoms with Crippen molar-refractivity contribution in [2.24, 2.45) is 0 Å². The second-order valence-electron chi connectivity index (χ2n) is 16.8. The second kappa shape index (κ2) is 15.4. The summed E-state index contributed by atoms with van der Waals surface area (Å²) in [4.78, 5) is 15.7. The zero-order valence-corrected chi connectivity index (χ0v) is 35.6. The Bertz CT molecular complexity index is 3860. The molecule has 0 amide bonds. The minimum Gasteiger partial charge on any atom is -0.456 e. The van der Waals surface area contributed by atoms with E-state index in [0.29, 0.717) is 17.5 Å². The van der Waals surface area contributed by atoms with E-state index in [9.17, 15) is 0 Å². The molecule has 0 fully saturated rings. The van der Waals surface area contributed by atoms with Gasteiger partial charge in [0.1, 0.15) is 11.2 Å². The summed E-state index contributed by atoms with van der Waals surface area (Å²) in [7, 11) is 0. The Hall–Kier alpha value is -8.93. The van der Waals surface area contributed by atoms with E-state index in [-0.39, 0.29) is 0 Å². The van der Waals surface area contributed by atoms with Crippen molar-refractivity contribution in [2.45, 2.75) is 0 Å². The summed E-state index contributed by atoms with van der Waals surface area (Å²) in [6, 6.07) is 81.2. The molecule has 0 bridgehead atoms. The van der Waals surface area contributed by atoms with Crippen molar-refractivity contribution in [2.75, 3.05) is 0 Å². The lowest BCUT2D eigenvalue weighted by atomic mass is 9.98. The molecule has 5 nitrogen and oxygen atoms in total. The molecule has 13 rings (SSSR count). The van der Waals surface area contributed by atoms with Gasteiger partial charge < -0.3 is 8.98 Å². The Morgan fingerprint density at radius 1 is 0.288 bits per heavy atom. The molecule has 10 aromatic carbocycles. The lowest BCUT2D eigenvalue weighted by molar-refractivity contribution is 0.669. The van der Waals surface area contributed by atoms with Crippen LogP contribution in [0.15, 0.2) is 235 Å². The van der Waals surface area contributed by atoms with Crippen molar-refractivity contribution >= 4 is 54.5 Å². The van der Waals surface area contributed by atoms with Crippen LogP contribution in [0.2, 0.25) is 0 Å². The summed E-state index contributed by atoms with van der Waals surface area (Å²) < 4.78 is 8.76. The second-order valence-corrected chi connectivity index (χ2v) is 16.8. The van der Waals surface area contributed by atoms with E-state index in [1.54, 1.807) is 0 Å². The van der Waals surface area contributed by atoms with E-state index in [1.165, 1.54) is 21.5 Å². The highest BCUT2D eigenvalue weighted by Crippen LogP contribution is 2.41. The summed E-state index contributed by atoms with van der Waals surface area (Å²) in [6.07, 6.45) is 0. The largest absolute Gasteiger partial charge is 0.456 e. The van der Waals surface area contributed by atoms with Gasteiger partial charge in [-0.15, -0.1) is 0 Å². The van der Waals surface area contributed by atoms with Gasteiger partial charge in [0.2, 0.25) is 0 Å². The van der Waals surface area contributed by atoms with Crippen molar-refractivity contribution in [1.82, 2.24) is 19.5 Å². The molecule has 0 spiro atoms. The molecule has 0 saturated carbocycles. The number of hydrogen-bond donors (Lipinski definition) is 0. The van der Waals surface area contributed by atoms with Crippen molar-refractivity contribution in [1.29, 1.82) is 0 Å². The Morgan fingerprint density at radius 2 is 0.773 bits per heavy atom. The van der Waals surface area contributed by atoms with Crippen LogP contribution in [0, 0.1) is 0 Å². The first-order chi connectivity index (χ1) is 32.7. The van der Waals surface area contributed by atoms with Gasteiger partial charge in [0.25, 0.3) is 0 Å². The number of hydrogen-bond acceptors (Lipinski definition) is 4. The van der Waals surface area contributed by atoms with Gasteiger partial charge in [-0.3, -0.25) is 0 Å². The molecule has 0 aliphatic carbocycles. The standard InChI is InChI=1S/C61H38N4O/c1-3-13-39(14-4-1)41-23-27-43(28-24-41)59-62-60(44-29-25-42(26-30-44)40-15-5-2-6-16-40)64-61(63-59)48-31-33-55(51(37-48)47-32-34-58-53(36-47)50-20-10-12-22-57(50)66-58)65-54-21-11-9-19-49(54)52-35-45-17-7-8-18-46(45)38-56(52)65/h1-38H. The quantitative estimate of drug-likeness (QED) is 0.160. The molecule has 66 heavy (non-hydrogen) atoms. The summed E-state index contributed by atoms with van der Waals surface area (Å²) in [5.41, 5.74) is 14.4. The average Bonchev–Trinajstić information content (AvgIpc) is 3.93. The molecule has 0 N–H and O–H groups in total. The fourth-order valence-corrected chi connectivity index (χ4v) is 9.56. The molecule has 0 saturated heterocycles. The van der Waals surface area contributed by atoms with Crippen molar-refractivity contribution in [3.63, 3.8) is 0 Å². The van der Waals surface area contributed by atoms with Crippen LogP contribution in [0.1, 0.15) is 0 Å². The van der Waals surface area contributed by atoms with E-state index in [2.05, 4.69) is 211 Å². The van der Waals surface area contributed by atoms with Gasteiger partial charge in [-0.25, -0.2) is 15.0 Å². The van der Waals surface area contributed by atoms with Gasteiger partial charge in [0.15, 0.2) is 17.5 Å².